The van der Waals surface area contributed by atoms with Crippen LogP contribution < -0.4 is 0 Å². The Hall–Kier alpha value is -2.08. The Kier molecular flexibility index (Phi) is 7.48. The first-order valence-electron chi connectivity index (χ1n) is 14.7. The van der Waals surface area contributed by atoms with Gasteiger partial charge in [0.05, 0.1) is 36.2 Å². The Morgan fingerprint density at radius 1 is 1.00 bits per heavy atom. The van der Waals surface area contributed by atoms with E-state index >= 15 is 0 Å². The Labute approximate surface area is 247 Å². The monoisotopic (exact) mass is 609 g/mol. The van der Waals surface area contributed by atoms with Crippen molar-refractivity contribution in [2.75, 3.05) is 26.3 Å². The number of piperazine rings is 1. The Balaban J connectivity index is 1.20. The molecule has 41 heavy (non-hydrogen) atoms. The summed E-state index contributed by atoms with van der Waals surface area (Å²) in [5.74, 6) is 0.486. The molecule has 2 unspecified atom stereocenters. The number of likely N-dealkylation sites (tertiary alicyclic amines) is 1. The van der Waals surface area contributed by atoms with Crippen molar-refractivity contribution in [1.29, 1.82) is 0 Å². The summed E-state index contributed by atoms with van der Waals surface area (Å²) in [4.78, 5) is 30.1. The van der Waals surface area contributed by atoms with Crippen LogP contribution in [0.25, 0.3) is 0 Å². The van der Waals surface area contributed by atoms with Crippen LogP contribution in [-0.4, -0.2) is 96.4 Å². The second kappa shape index (κ2) is 10.6. The molecule has 2 aliphatic carbocycles. The number of rotatable bonds is 6. The molecule has 4 atom stereocenters. The van der Waals surface area contributed by atoms with E-state index in [1.807, 2.05) is 20.8 Å². The van der Waals surface area contributed by atoms with Crippen LogP contribution in [0.2, 0.25) is 5.02 Å². The van der Waals surface area contributed by atoms with Crippen LogP contribution in [-0.2, 0) is 24.2 Å². The Morgan fingerprint density at radius 3 is 2.20 bits per heavy atom. The van der Waals surface area contributed by atoms with Crippen molar-refractivity contribution >= 4 is 33.8 Å². The van der Waals surface area contributed by atoms with Gasteiger partial charge in [0.25, 0.3) is 0 Å². The van der Waals surface area contributed by atoms with Crippen LogP contribution in [0.4, 0.5) is 9.59 Å². The first-order valence-corrected chi connectivity index (χ1v) is 16.5. The zero-order valence-corrected chi connectivity index (χ0v) is 25.5. The number of carbonyl (C=O) groups is 2. The number of nitrogens with zero attached hydrogens (tertiary/aromatic N) is 3. The molecule has 1 aromatic carbocycles. The summed E-state index contributed by atoms with van der Waals surface area (Å²) < 4.78 is 47.6. The van der Waals surface area contributed by atoms with Gasteiger partial charge in [0.15, 0.2) is 0 Å². The van der Waals surface area contributed by atoms with Crippen LogP contribution in [0.3, 0.4) is 0 Å². The average Bonchev–Trinajstić information content (AvgIpc) is 3.83. The van der Waals surface area contributed by atoms with E-state index in [-0.39, 0.29) is 35.7 Å². The molecule has 1 aromatic rings. The lowest BCUT2D eigenvalue weighted by Crippen LogP contribution is -2.62. The summed E-state index contributed by atoms with van der Waals surface area (Å²) in [5.41, 5.74) is -1.54. The standard InChI is InChI=1S/C29H40ClN3O7S/c1-28(2,3)39-27(35)32-21-8-9-22(32)16-31(15-21)26(34)40-29(12-13-29)25-18-38-17-23(14-19-4-5-19)33(25)41(36,37)24-10-6-20(30)7-11-24/h6-7,10-11,19,21-23,25H,4-5,8-9,12-18H2,1-3H3/t21?,22?,23-,25-/m1/s1. The van der Waals surface area contributed by atoms with Crippen molar-refractivity contribution in [3.05, 3.63) is 29.3 Å². The zero-order chi connectivity index (χ0) is 29.2. The largest absolute Gasteiger partial charge is 0.444 e. The number of hydrogen-bond donors (Lipinski definition) is 0. The third kappa shape index (κ3) is 5.92. The highest BCUT2D eigenvalue weighted by Gasteiger charge is 2.61. The molecule has 2 bridgehead atoms. The lowest BCUT2D eigenvalue weighted by molar-refractivity contribution is -0.0766. The van der Waals surface area contributed by atoms with E-state index in [2.05, 4.69) is 0 Å². The van der Waals surface area contributed by atoms with Gasteiger partial charge in [-0.2, -0.15) is 4.31 Å². The number of hydrogen-bond acceptors (Lipinski definition) is 7. The second-order valence-corrected chi connectivity index (χ2v) is 15.6. The van der Waals surface area contributed by atoms with Crippen molar-refractivity contribution in [2.45, 2.75) is 106 Å². The molecule has 226 valence electrons. The molecule has 5 fully saturated rings. The first kappa shape index (κ1) is 29.0. The molecule has 3 saturated heterocycles. The molecule has 10 nitrogen and oxygen atoms in total. The first-order chi connectivity index (χ1) is 19.4. The van der Waals surface area contributed by atoms with Crippen molar-refractivity contribution in [2.24, 2.45) is 5.92 Å². The number of sulfonamides is 1. The van der Waals surface area contributed by atoms with E-state index in [0.717, 1.165) is 32.1 Å². The Morgan fingerprint density at radius 2 is 1.63 bits per heavy atom. The van der Waals surface area contributed by atoms with Crippen LogP contribution in [0.15, 0.2) is 29.2 Å². The van der Waals surface area contributed by atoms with Crippen LogP contribution >= 0.6 is 11.6 Å². The lowest BCUT2D eigenvalue weighted by atomic mass is 10.0. The fraction of sp³-hybridized carbons (Fsp3) is 0.724. The average molecular weight is 610 g/mol. The van der Waals surface area contributed by atoms with Crippen molar-refractivity contribution in [1.82, 2.24) is 14.1 Å². The SMILES string of the molecule is CC(C)(C)OC(=O)N1C2CCC1CN(C(=O)OC1([C@H]3COC[C@@H](CC4CC4)N3S(=O)(=O)c3ccc(Cl)cc3)CC1)C2. The summed E-state index contributed by atoms with van der Waals surface area (Å²) in [6, 6.07) is 5.02. The van der Waals surface area contributed by atoms with E-state index in [1.54, 1.807) is 26.2 Å². The van der Waals surface area contributed by atoms with Crippen molar-refractivity contribution in [3.8, 4) is 0 Å². The van der Waals surface area contributed by atoms with Crippen LogP contribution in [0.1, 0.15) is 65.7 Å². The van der Waals surface area contributed by atoms with Gasteiger partial charge in [-0.1, -0.05) is 24.4 Å². The van der Waals surface area contributed by atoms with Crippen molar-refractivity contribution < 1.29 is 32.2 Å². The van der Waals surface area contributed by atoms with E-state index < -0.39 is 33.4 Å². The summed E-state index contributed by atoms with van der Waals surface area (Å²) in [6.45, 7) is 6.74. The quantitative estimate of drug-likeness (QED) is 0.462. The van der Waals surface area contributed by atoms with Gasteiger partial charge in [0.2, 0.25) is 10.0 Å². The highest BCUT2D eigenvalue weighted by atomic mass is 35.5. The minimum atomic E-state index is -3.91. The summed E-state index contributed by atoms with van der Waals surface area (Å²) in [5, 5.41) is 0.463. The predicted octanol–water partition coefficient (Wildman–Crippen LogP) is 4.65. The van der Waals surface area contributed by atoms with Gasteiger partial charge in [-0.25, -0.2) is 18.0 Å². The molecule has 0 N–H and O–H groups in total. The molecule has 2 saturated carbocycles. The third-order valence-electron chi connectivity index (χ3n) is 8.93. The highest BCUT2D eigenvalue weighted by molar-refractivity contribution is 7.89. The maximum absolute atomic E-state index is 14.1. The normalized spacial score (nSPS) is 29.8. The minimum absolute atomic E-state index is 0.131. The number of morpholine rings is 1. The van der Waals surface area contributed by atoms with E-state index in [0.29, 0.717) is 43.5 Å². The van der Waals surface area contributed by atoms with Gasteiger partial charge in [-0.15, -0.1) is 0 Å². The second-order valence-electron chi connectivity index (χ2n) is 13.3. The van der Waals surface area contributed by atoms with Gasteiger partial charge in [-0.3, -0.25) is 4.90 Å². The van der Waals surface area contributed by atoms with E-state index in [1.165, 1.54) is 12.1 Å². The number of fused-ring (bicyclic) bond motifs is 2. The molecule has 3 aliphatic heterocycles. The minimum Gasteiger partial charge on any atom is -0.444 e. The molecule has 0 spiro atoms. The molecule has 0 radical (unpaired) electrons. The van der Waals surface area contributed by atoms with E-state index in [4.69, 9.17) is 25.8 Å². The smallest absolute Gasteiger partial charge is 0.410 e. The number of ether oxygens (including phenoxy) is 3. The van der Waals surface area contributed by atoms with Gasteiger partial charge in [0.1, 0.15) is 11.2 Å². The lowest BCUT2D eigenvalue weighted by Gasteiger charge is -2.45. The van der Waals surface area contributed by atoms with Crippen LogP contribution in [0.5, 0.6) is 0 Å². The molecule has 12 heteroatoms. The summed E-state index contributed by atoms with van der Waals surface area (Å²) >= 11 is 6.06. The molecular formula is C29H40ClN3O7S. The van der Waals surface area contributed by atoms with E-state index in [9.17, 15) is 18.0 Å². The summed E-state index contributed by atoms with van der Waals surface area (Å²) in [6.07, 6.45) is 4.83. The van der Waals surface area contributed by atoms with Gasteiger partial charge in [-0.05, 0) is 83.1 Å². The van der Waals surface area contributed by atoms with Crippen LogP contribution in [0, 0.1) is 5.92 Å². The van der Waals surface area contributed by atoms with Gasteiger partial charge in [0, 0.05) is 24.2 Å². The fourth-order valence-electron chi connectivity index (χ4n) is 6.63. The molecule has 3 heterocycles. The molecule has 0 aromatic heterocycles. The zero-order valence-electron chi connectivity index (χ0n) is 24.0. The number of carbonyl (C=O) groups excluding carboxylic acids is 2. The molecule has 5 aliphatic rings. The number of benzene rings is 1. The van der Waals surface area contributed by atoms with Gasteiger partial charge >= 0.3 is 12.2 Å². The fourth-order valence-corrected chi connectivity index (χ4v) is 8.61. The third-order valence-corrected chi connectivity index (χ3v) is 11.2. The molecule has 6 rings (SSSR count). The molecule has 2 amide bonds. The molecular weight excluding hydrogens is 570 g/mol. The maximum atomic E-state index is 14.1. The predicted molar refractivity (Wildman–Crippen MR) is 151 cm³/mol. The van der Waals surface area contributed by atoms with Crippen molar-refractivity contribution in [3.63, 3.8) is 0 Å². The number of amides is 2. The Bertz CT molecular complexity index is 1260. The summed E-state index contributed by atoms with van der Waals surface area (Å²) in [7, 11) is -3.91. The van der Waals surface area contributed by atoms with Gasteiger partial charge < -0.3 is 19.1 Å². The topological polar surface area (TPSA) is 106 Å². The maximum Gasteiger partial charge on any atom is 0.410 e. The number of halogens is 1. The highest BCUT2D eigenvalue weighted by Crippen LogP contribution is 2.49.